The molecule has 3 aliphatic rings. The van der Waals surface area contributed by atoms with Gasteiger partial charge in [0.25, 0.3) is 5.56 Å². The molecule has 3 aromatic rings. The van der Waals surface area contributed by atoms with Crippen LogP contribution in [0.1, 0.15) is 75.5 Å². The van der Waals surface area contributed by atoms with E-state index in [9.17, 15) is 9.36 Å². The van der Waals surface area contributed by atoms with Gasteiger partial charge in [0, 0.05) is 30.1 Å². The molecule has 0 amide bonds. The third kappa shape index (κ3) is 9.89. The second-order valence-corrected chi connectivity index (χ2v) is 18.2. The second kappa shape index (κ2) is 15.2. The van der Waals surface area contributed by atoms with Gasteiger partial charge in [0.05, 0.1) is 23.5 Å². The number of hydrogen-bond donors (Lipinski definition) is 4. The first-order valence-electron chi connectivity index (χ1n) is 13.7. The summed E-state index contributed by atoms with van der Waals surface area (Å²) in [4.78, 5) is 14.4. The molecular formula is C26H38Cl5N8O2P. The van der Waals surface area contributed by atoms with E-state index >= 15 is 0 Å². The number of rotatable bonds is 2. The van der Waals surface area contributed by atoms with Crippen molar-refractivity contribution in [2.24, 2.45) is 11.8 Å². The van der Waals surface area contributed by atoms with Gasteiger partial charge in [-0.1, -0.05) is 25.4 Å². The Balaban J connectivity index is 0.000000195. The molecule has 4 N–H and O–H groups in total. The van der Waals surface area contributed by atoms with Crippen LogP contribution in [0.4, 0.5) is 5.82 Å². The Kier molecular flexibility index (Phi) is 12.7. The highest BCUT2D eigenvalue weighted by atomic mass is 36.0. The number of hydrogen-bond acceptors (Lipinski definition) is 7. The number of halogens is 5. The van der Waals surface area contributed by atoms with Crippen LogP contribution in [-0.4, -0.2) is 43.0 Å². The molecule has 6 heterocycles. The molecule has 3 aromatic heterocycles. The maximum atomic E-state index is 11.5. The fourth-order valence-electron chi connectivity index (χ4n) is 5.03. The molecule has 6 rings (SSSR count). The molecule has 234 valence electrons. The van der Waals surface area contributed by atoms with E-state index in [4.69, 9.17) is 11.6 Å². The molecule has 5 atom stereocenters. The van der Waals surface area contributed by atoms with Crippen LogP contribution in [0, 0.1) is 18.8 Å². The van der Waals surface area contributed by atoms with E-state index in [0.29, 0.717) is 17.6 Å². The first kappa shape index (κ1) is 35.3. The average Bonchev–Trinajstić information content (AvgIpc) is 3.48. The summed E-state index contributed by atoms with van der Waals surface area (Å²) in [6.45, 7) is 10.5. The summed E-state index contributed by atoms with van der Waals surface area (Å²) >= 11 is 20.0. The zero-order valence-electron chi connectivity index (χ0n) is 23.9. The van der Waals surface area contributed by atoms with E-state index in [1.54, 1.807) is 17.6 Å². The van der Waals surface area contributed by atoms with Crippen LogP contribution in [0.3, 0.4) is 0 Å². The first-order chi connectivity index (χ1) is 19.3. The van der Waals surface area contributed by atoms with Gasteiger partial charge in [0.2, 0.25) is 0 Å². The molecule has 0 saturated carbocycles. The number of nitrogens with one attached hydrogen (secondary N) is 4. The summed E-state index contributed by atoms with van der Waals surface area (Å²) in [7, 11) is 0. The van der Waals surface area contributed by atoms with Gasteiger partial charge in [-0.2, -0.15) is 10.2 Å². The Bertz CT molecular complexity index is 1460. The molecule has 2 fully saturated rings. The summed E-state index contributed by atoms with van der Waals surface area (Å²) in [6, 6.07) is 4.76. The highest BCUT2D eigenvalue weighted by Gasteiger charge is 2.25. The molecule has 3 aliphatic heterocycles. The zero-order valence-corrected chi connectivity index (χ0v) is 28.6. The van der Waals surface area contributed by atoms with Crippen LogP contribution in [0.2, 0.25) is 0 Å². The quantitative estimate of drug-likeness (QED) is 0.125. The molecule has 0 aliphatic carbocycles. The minimum absolute atomic E-state index is 0. The van der Waals surface area contributed by atoms with Crippen molar-refractivity contribution >= 4 is 80.6 Å². The number of aromatic nitrogens is 5. The van der Waals surface area contributed by atoms with Crippen molar-refractivity contribution in [2.75, 3.05) is 18.4 Å². The highest BCUT2D eigenvalue weighted by Crippen LogP contribution is 2.61. The Hall–Kier alpha value is -1.23. The predicted molar refractivity (Wildman–Crippen MR) is 177 cm³/mol. The number of alkyl halides is 1. The number of aryl methyl sites for hydroxylation is 1. The number of aromatic amines is 1. The Morgan fingerprint density at radius 2 is 1.48 bits per heavy atom. The zero-order chi connectivity index (χ0) is 29.9. The summed E-state index contributed by atoms with van der Waals surface area (Å²) in [5.41, 5.74) is 4.50. The lowest BCUT2D eigenvalue weighted by molar-refractivity contribution is 0.328. The monoisotopic (exact) mass is 700 g/mol. The number of nitrogens with zero attached hydrogens (tertiary/aromatic N) is 4. The van der Waals surface area contributed by atoms with E-state index in [1.165, 1.54) is 12.8 Å². The smallest absolute Gasteiger partial charge is 0.339 e. The van der Waals surface area contributed by atoms with Gasteiger partial charge in [0.15, 0.2) is 0 Å². The maximum absolute atomic E-state index is 11.5. The van der Waals surface area contributed by atoms with Crippen molar-refractivity contribution in [1.29, 1.82) is 0 Å². The van der Waals surface area contributed by atoms with Gasteiger partial charge in [-0.25, -0.2) is 9.20 Å². The molecule has 2 saturated heterocycles. The SMILES string of the molecule is CC1=Cn2nc([C@@H]3CC[C@H](C)CN3)cc2NC1Cl.Cc1cn2nc([C@@H]3CC[C@H](C)CN3)cc2[nH]c1=O.Cl.O=P(Cl)(Cl)Cl. The molecule has 42 heavy (non-hydrogen) atoms. The van der Waals surface area contributed by atoms with Gasteiger partial charge in [-0.15, -0.1) is 12.4 Å². The first-order valence-corrected chi connectivity index (χ1v) is 18.6. The number of anilines is 1. The van der Waals surface area contributed by atoms with E-state index in [-0.39, 0.29) is 23.5 Å². The van der Waals surface area contributed by atoms with Crippen LogP contribution < -0.4 is 21.5 Å². The van der Waals surface area contributed by atoms with Gasteiger partial charge in [0.1, 0.15) is 17.0 Å². The minimum atomic E-state index is -3.22. The van der Waals surface area contributed by atoms with Crippen molar-refractivity contribution in [3.63, 3.8) is 0 Å². The van der Waals surface area contributed by atoms with Gasteiger partial charge in [-0.05, 0) is 104 Å². The van der Waals surface area contributed by atoms with Crippen molar-refractivity contribution in [3.05, 3.63) is 51.2 Å². The Labute approximate surface area is 271 Å². The summed E-state index contributed by atoms with van der Waals surface area (Å²) in [5, 5.41) is 16.3. The molecule has 0 radical (unpaired) electrons. The average molecular weight is 703 g/mol. The molecule has 0 bridgehead atoms. The lowest BCUT2D eigenvalue weighted by Crippen LogP contribution is -2.32. The lowest BCUT2D eigenvalue weighted by Gasteiger charge is -2.26. The maximum Gasteiger partial charge on any atom is 0.339 e. The van der Waals surface area contributed by atoms with Crippen molar-refractivity contribution in [3.8, 4) is 0 Å². The molecule has 10 nitrogen and oxygen atoms in total. The number of piperidine rings is 2. The summed E-state index contributed by atoms with van der Waals surface area (Å²) in [5.74, 6) is 2.49. The predicted octanol–water partition coefficient (Wildman–Crippen LogP) is 7.42. The molecule has 16 heteroatoms. The second-order valence-electron chi connectivity index (χ2n) is 11.1. The number of fused-ring (bicyclic) bond motifs is 2. The Morgan fingerprint density at radius 3 is 2.00 bits per heavy atom. The van der Waals surface area contributed by atoms with Gasteiger partial charge in [-0.3, -0.25) is 9.36 Å². The summed E-state index contributed by atoms with van der Waals surface area (Å²) < 4.78 is 13.2. The van der Waals surface area contributed by atoms with Gasteiger partial charge >= 0.3 is 5.20 Å². The van der Waals surface area contributed by atoms with Crippen molar-refractivity contribution < 1.29 is 4.57 Å². The van der Waals surface area contributed by atoms with E-state index in [1.807, 2.05) is 23.9 Å². The summed E-state index contributed by atoms with van der Waals surface area (Å²) in [6.07, 6.45) is 8.53. The van der Waals surface area contributed by atoms with E-state index < -0.39 is 5.20 Å². The van der Waals surface area contributed by atoms with Gasteiger partial charge < -0.3 is 20.9 Å². The van der Waals surface area contributed by atoms with E-state index in [0.717, 1.165) is 66.2 Å². The van der Waals surface area contributed by atoms with Crippen LogP contribution in [-0.2, 0) is 4.57 Å². The fraction of sp³-hybridized carbons (Fsp3) is 0.577. The minimum Gasteiger partial charge on any atom is -0.350 e. The fourth-order valence-corrected chi connectivity index (χ4v) is 5.19. The van der Waals surface area contributed by atoms with Crippen LogP contribution >= 0.6 is 62.9 Å². The third-order valence-electron chi connectivity index (χ3n) is 7.46. The van der Waals surface area contributed by atoms with Crippen molar-refractivity contribution in [1.82, 2.24) is 35.0 Å². The number of H-pyrrole nitrogens is 1. The Morgan fingerprint density at radius 1 is 0.929 bits per heavy atom. The highest BCUT2D eigenvalue weighted by molar-refractivity contribution is 8.24. The van der Waals surface area contributed by atoms with Crippen LogP contribution in [0.5, 0.6) is 0 Å². The molecular weight excluding hydrogens is 665 g/mol. The normalized spacial score (nSPS) is 25.4. The lowest BCUT2D eigenvalue weighted by atomic mass is 9.95. The largest absolute Gasteiger partial charge is 0.350 e. The van der Waals surface area contributed by atoms with E-state index in [2.05, 4.69) is 84.8 Å². The molecule has 0 spiro atoms. The van der Waals surface area contributed by atoms with Crippen LogP contribution in [0.15, 0.2) is 28.7 Å². The molecule has 1 unspecified atom stereocenters. The standard InChI is InChI=1S/C13H19ClN4.C13H18N4O.Cl3OP.ClH/c1-8-3-4-10(15-6-8)11-5-12-16-13(14)9(2)7-18(12)17-11;1-8-3-4-10(14-6-8)11-5-12-15-13(18)9(2)7-17(12)16-11;1-5(2,3)4;/h5,7-8,10,13,15-16H,3-4,6H2,1-2H3;5,7-8,10,14H,3-4,6H2,1-2H3,(H,15,18);;1H/t8-,10-,13?;8-,10-;;/m00../s1. The van der Waals surface area contributed by atoms with Crippen LogP contribution in [0.25, 0.3) is 11.8 Å². The topological polar surface area (TPSA) is 121 Å². The third-order valence-corrected chi connectivity index (χ3v) is 7.91. The molecule has 0 aromatic carbocycles. The van der Waals surface area contributed by atoms with Crippen molar-refractivity contribution in [2.45, 2.75) is 71.0 Å².